The number of carbonyl (C=O) groups is 2. The zero-order valence-electron chi connectivity index (χ0n) is 24.7. The molecular formula is C31H43N5O4. The van der Waals surface area contributed by atoms with Gasteiger partial charge in [0, 0.05) is 12.7 Å². The molecule has 1 N–H and O–H groups in total. The number of aromatic nitrogens is 3. The summed E-state index contributed by atoms with van der Waals surface area (Å²) in [6, 6.07) is 11.9. The van der Waals surface area contributed by atoms with Gasteiger partial charge in [0.2, 0.25) is 0 Å². The van der Waals surface area contributed by atoms with Gasteiger partial charge in [-0.05, 0) is 104 Å². The molecule has 2 heterocycles. The van der Waals surface area contributed by atoms with Crippen LogP contribution in [0.1, 0.15) is 90.3 Å². The Balaban J connectivity index is 1.57. The highest BCUT2D eigenvalue weighted by molar-refractivity contribution is 5.87. The summed E-state index contributed by atoms with van der Waals surface area (Å²) in [7, 11) is 0. The molecule has 0 radical (unpaired) electrons. The standard InChI is InChI=1S/C31H43N5O4/c1-30(2,3)39-28(37)33-18-9-10-20-35(25-17-11-13-22-14-12-19-32-27(22)25)21-26-34-23-15-7-8-16-24(23)36(26)29(38)40-31(4,5)6/h7-8,12,14-16,19,25H,9-11,13,17-18,20-21H2,1-6H3,(H,33,37). The van der Waals surface area contributed by atoms with Crippen molar-refractivity contribution in [3.63, 3.8) is 0 Å². The van der Waals surface area contributed by atoms with Gasteiger partial charge in [-0.3, -0.25) is 9.88 Å². The van der Waals surface area contributed by atoms with Gasteiger partial charge in [-0.1, -0.05) is 18.2 Å². The molecule has 1 aliphatic rings. The number of fused-ring (bicyclic) bond motifs is 2. The molecule has 9 heteroatoms. The molecule has 2 aromatic heterocycles. The second-order valence-corrected chi connectivity index (χ2v) is 12.4. The number of rotatable bonds is 8. The number of hydrogen-bond donors (Lipinski definition) is 1. The smallest absolute Gasteiger partial charge is 0.420 e. The highest BCUT2D eigenvalue weighted by Crippen LogP contribution is 2.34. The Bertz CT molecular complexity index is 1320. The lowest BCUT2D eigenvalue weighted by molar-refractivity contribution is 0.0520. The molecule has 4 rings (SSSR count). The number of amides is 1. The molecule has 216 valence electrons. The molecule has 0 saturated heterocycles. The first-order chi connectivity index (χ1) is 18.9. The van der Waals surface area contributed by atoms with Gasteiger partial charge in [0.15, 0.2) is 0 Å². The predicted molar refractivity (Wildman–Crippen MR) is 155 cm³/mol. The maximum atomic E-state index is 13.4. The number of alkyl carbamates (subject to hydrolysis) is 1. The molecule has 0 fully saturated rings. The minimum absolute atomic E-state index is 0.107. The van der Waals surface area contributed by atoms with Crippen LogP contribution in [0.15, 0.2) is 42.6 Å². The van der Waals surface area contributed by atoms with E-state index < -0.39 is 23.4 Å². The van der Waals surface area contributed by atoms with Gasteiger partial charge in [-0.25, -0.2) is 19.1 Å². The second kappa shape index (κ2) is 12.4. The fourth-order valence-corrected chi connectivity index (χ4v) is 5.10. The number of para-hydroxylation sites is 2. The summed E-state index contributed by atoms with van der Waals surface area (Å²) >= 11 is 0. The normalized spacial score (nSPS) is 15.6. The number of unbranched alkanes of at least 4 members (excludes halogenated alkanes) is 1. The van der Waals surface area contributed by atoms with Gasteiger partial charge < -0.3 is 14.8 Å². The molecule has 9 nitrogen and oxygen atoms in total. The van der Waals surface area contributed by atoms with Crippen LogP contribution >= 0.6 is 0 Å². The van der Waals surface area contributed by atoms with Crippen LogP contribution in [0.2, 0.25) is 0 Å². The molecular weight excluding hydrogens is 506 g/mol. The number of carbonyl (C=O) groups excluding carboxylic acids is 2. The quantitative estimate of drug-likeness (QED) is 0.325. The Labute approximate surface area is 237 Å². The van der Waals surface area contributed by atoms with E-state index in [4.69, 9.17) is 19.4 Å². The molecule has 40 heavy (non-hydrogen) atoms. The zero-order chi connectivity index (χ0) is 28.9. The van der Waals surface area contributed by atoms with Crippen LogP contribution < -0.4 is 5.32 Å². The zero-order valence-corrected chi connectivity index (χ0v) is 24.7. The molecule has 0 spiro atoms. The summed E-state index contributed by atoms with van der Waals surface area (Å²) in [5.74, 6) is 0.644. The molecule has 0 bridgehead atoms. The van der Waals surface area contributed by atoms with Crippen molar-refractivity contribution in [1.82, 2.24) is 24.8 Å². The molecule has 1 aliphatic carbocycles. The number of hydrogen-bond acceptors (Lipinski definition) is 7. The van der Waals surface area contributed by atoms with Gasteiger partial charge in [-0.2, -0.15) is 0 Å². The molecule has 1 aromatic carbocycles. The van der Waals surface area contributed by atoms with Crippen molar-refractivity contribution in [1.29, 1.82) is 0 Å². The summed E-state index contributed by atoms with van der Waals surface area (Å²) in [6.45, 7) is 12.9. The van der Waals surface area contributed by atoms with Crippen molar-refractivity contribution < 1.29 is 19.1 Å². The van der Waals surface area contributed by atoms with E-state index in [1.54, 1.807) is 4.57 Å². The van der Waals surface area contributed by atoms with E-state index in [-0.39, 0.29) is 6.04 Å². The van der Waals surface area contributed by atoms with E-state index in [2.05, 4.69) is 16.3 Å². The second-order valence-electron chi connectivity index (χ2n) is 12.4. The number of benzene rings is 1. The van der Waals surface area contributed by atoms with Gasteiger partial charge in [0.1, 0.15) is 17.0 Å². The van der Waals surface area contributed by atoms with Crippen molar-refractivity contribution in [3.05, 3.63) is 59.7 Å². The number of pyridine rings is 1. The van der Waals surface area contributed by atoms with Crippen molar-refractivity contribution in [2.24, 2.45) is 0 Å². The number of ether oxygens (including phenoxy) is 2. The summed E-state index contributed by atoms with van der Waals surface area (Å²) in [4.78, 5) is 37.5. The Morgan fingerprint density at radius 3 is 2.52 bits per heavy atom. The van der Waals surface area contributed by atoms with Crippen molar-refractivity contribution in [2.75, 3.05) is 13.1 Å². The topological polar surface area (TPSA) is 98.6 Å². The number of nitrogens with one attached hydrogen (secondary N) is 1. The minimum atomic E-state index is -0.632. The van der Waals surface area contributed by atoms with Crippen LogP contribution in [0, 0.1) is 0 Å². The maximum absolute atomic E-state index is 13.4. The minimum Gasteiger partial charge on any atom is -0.444 e. The summed E-state index contributed by atoms with van der Waals surface area (Å²) < 4.78 is 12.8. The monoisotopic (exact) mass is 549 g/mol. The van der Waals surface area contributed by atoms with E-state index in [1.807, 2.05) is 78.1 Å². The van der Waals surface area contributed by atoms with Gasteiger partial charge in [0.25, 0.3) is 0 Å². The third-order valence-electron chi connectivity index (χ3n) is 6.70. The van der Waals surface area contributed by atoms with Crippen LogP contribution in [0.4, 0.5) is 9.59 Å². The van der Waals surface area contributed by atoms with Crippen LogP contribution in [0.25, 0.3) is 11.0 Å². The average Bonchev–Trinajstić information content (AvgIpc) is 3.23. The number of imidazole rings is 1. The van der Waals surface area contributed by atoms with E-state index in [1.165, 1.54) is 5.56 Å². The fraction of sp³-hybridized carbons (Fsp3) is 0.548. The molecule has 1 amide bonds. The van der Waals surface area contributed by atoms with Crippen molar-refractivity contribution in [2.45, 2.75) is 97.4 Å². The first-order valence-corrected chi connectivity index (χ1v) is 14.3. The van der Waals surface area contributed by atoms with E-state index >= 15 is 0 Å². The van der Waals surface area contributed by atoms with Crippen molar-refractivity contribution in [3.8, 4) is 0 Å². The van der Waals surface area contributed by atoms with E-state index in [9.17, 15) is 9.59 Å². The molecule has 1 atom stereocenters. The largest absolute Gasteiger partial charge is 0.444 e. The Morgan fingerprint density at radius 2 is 1.77 bits per heavy atom. The third kappa shape index (κ3) is 7.81. The van der Waals surface area contributed by atoms with Gasteiger partial charge in [0.05, 0.1) is 29.3 Å². The molecule has 3 aromatic rings. The Morgan fingerprint density at radius 1 is 1.02 bits per heavy atom. The first kappa shape index (κ1) is 29.5. The summed E-state index contributed by atoms with van der Waals surface area (Å²) in [5, 5.41) is 2.85. The van der Waals surface area contributed by atoms with Gasteiger partial charge >= 0.3 is 12.2 Å². The summed E-state index contributed by atoms with van der Waals surface area (Å²) in [5.41, 5.74) is 2.70. The summed E-state index contributed by atoms with van der Waals surface area (Å²) in [6.07, 6.45) is 5.73. The highest BCUT2D eigenvalue weighted by Gasteiger charge is 2.30. The van der Waals surface area contributed by atoms with E-state index in [0.29, 0.717) is 18.9 Å². The Kier molecular flexibility index (Phi) is 9.13. The lowest BCUT2D eigenvalue weighted by Gasteiger charge is -2.35. The number of nitrogens with zero attached hydrogens (tertiary/aromatic N) is 4. The average molecular weight is 550 g/mol. The van der Waals surface area contributed by atoms with Crippen LogP contribution in [-0.2, 0) is 22.4 Å². The number of aryl methyl sites for hydroxylation is 1. The van der Waals surface area contributed by atoms with Gasteiger partial charge in [-0.15, -0.1) is 0 Å². The molecule has 0 aliphatic heterocycles. The van der Waals surface area contributed by atoms with E-state index in [0.717, 1.165) is 55.4 Å². The first-order valence-electron chi connectivity index (χ1n) is 14.3. The predicted octanol–water partition coefficient (Wildman–Crippen LogP) is 6.40. The lowest BCUT2D eigenvalue weighted by atomic mass is 9.90. The third-order valence-corrected chi connectivity index (χ3v) is 6.70. The van der Waals surface area contributed by atoms with Crippen LogP contribution in [-0.4, -0.2) is 55.9 Å². The molecule has 1 unspecified atom stereocenters. The highest BCUT2D eigenvalue weighted by atomic mass is 16.6. The maximum Gasteiger partial charge on any atom is 0.420 e. The lowest BCUT2D eigenvalue weighted by Crippen LogP contribution is -2.35. The van der Waals surface area contributed by atoms with Crippen LogP contribution in [0.5, 0.6) is 0 Å². The SMILES string of the molecule is CC(C)(C)OC(=O)NCCCCN(Cc1nc2ccccc2n1C(=O)OC(C)(C)C)C1CCCc2cccnc21. The fourth-order valence-electron chi connectivity index (χ4n) is 5.10. The van der Waals surface area contributed by atoms with Crippen molar-refractivity contribution >= 4 is 23.2 Å². The van der Waals surface area contributed by atoms with Crippen LogP contribution in [0.3, 0.4) is 0 Å². The Hall–Kier alpha value is -3.46. The molecule has 0 saturated carbocycles.